The highest BCUT2D eigenvalue weighted by atomic mass is 16.6. The van der Waals surface area contributed by atoms with Gasteiger partial charge in [-0.05, 0) is 39.7 Å². The summed E-state index contributed by atoms with van der Waals surface area (Å²) in [5.74, 6) is 0. The highest BCUT2D eigenvalue weighted by Gasteiger charge is 2.26. The van der Waals surface area contributed by atoms with Gasteiger partial charge in [-0.25, -0.2) is 4.79 Å². The van der Waals surface area contributed by atoms with Crippen molar-refractivity contribution in [3.63, 3.8) is 0 Å². The van der Waals surface area contributed by atoms with E-state index in [1.54, 1.807) is 0 Å². The van der Waals surface area contributed by atoms with Crippen LogP contribution in [0.5, 0.6) is 0 Å². The molecule has 0 heterocycles. The van der Waals surface area contributed by atoms with Gasteiger partial charge in [0.15, 0.2) is 0 Å². The highest BCUT2D eigenvalue weighted by Crippen LogP contribution is 2.23. The van der Waals surface area contributed by atoms with Crippen LogP contribution in [0.3, 0.4) is 0 Å². The molecule has 1 aliphatic carbocycles. The van der Waals surface area contributed by atoms with Crippen LogP contribution in [0.15, 0.2) is 0 Å². The average molecular weight is 242 g/mol. The molecule has 4 nitrogen and oxygen atoms in total. The largest absolute Gasteiger partial charge is 0.447 e. The predicted molar refractivity (Wildman–Crippen MR) is 68.9 cm³/mol. The molecule has 0 aromatic rings. The molecule has 0 spiro atoms. The highest BCUT2D eigenvalue weighted by molar-refractivity contribution is 5.68. The average Bonchev–Trinajstić information content (AvgIpc) is 2.30. The third kappa shape index (κ3) is 4.94. The Labute approximate surface area is 104 Å². The Balaban J connectivity index is 2.54. The Hall–Kier alpha value is -0.770. The summed E-state index contributed by atoms with van der Waals surface area (Å²) < 4.78 is 5.31. The van der Waals surface area contributed by atoms with E-state index in [-0.39, 0.29) is 12.2 Å². The molecule has 0 unspecified atom stereocenters. The second-order valence-corrected chi connectivity index (χ2v) is 5.06. The summed E-state index contributed by atoms with van der Waals surface area (Å²) in [6.07, 6.45) is 6.59. The van der Waals surface area contributed by atoms with Crippen LogP contribution in [0, 0.1) is 0 Å². The number of carbonyl (C=O) groups is 1. The first-order chi connectivity index (χ1) is 8.15. The molecule has 0 saturated heterocycles. The summed E-state index contributed by atoms with van der Waals surface area (Å²) in [4.78, 5) is 13.9. The zero-order valence-corrected chi connectivity index (χ0v) is 11.2. The third-order valence-corrected chi connectivity index (χ3v) is 3.19. The van der Waals surface area contributed by atoms with E-state index in [1.165, 1.54) is 19.3 Å². The van der Waals surface area contributed by atoms with Crippen molar-refractivity contribution in [2.75, 3.05) is 13.1 Å². The monoisotopic (exact) mass is 242 g/mol. The maximum Gasteiger partial charge on any atom is 0.410 e. The van der Waals surface area contributed by atoms with E-state index in [0.29, 0.717) is 12.6 Å². The molecule has 17 heavy (non-hydrogen) atoms. The minimum Gasteiger partial charge on any atom is -0.447 e. The Morgan fingerprint density at radius 1 is 1.35 bits per heavy atom. The van der Waals surface area contributed by atoms with E-state index in [0.717, 1.165) is 25.8 Å². The van der Waals surface area contributed by atoms with Gasteiger partial charge in [0.2, 0.25) is 0 Å². The Bertz CT molecular complexity index is 225. The molecule has 100 valence electrons. The molecular formula is C13H26N2O2. The van der Waals surface area contributed by atoms with E-state index in [9.17, 15) is 4.79 Å². The lowest BCUT2D eigenvalue weighted by Gasteiger charge is -2.34. The molecule has 0 radical (unpaired) electrons. The molecule has 0 aromatic heterocycles. The number of carbonyl (C=O) groups excluding carboxylic acids is 1. The van der Waals surface area contributed by atoms with Gasteiger partial charge in [-0.2, -0.15) is 0 Å². The zero-order chi connectivity index (χ0) is 12.7. The van der Waals surface area contributed by atoms with Crippen LogP contribution in [0.4, 0.5) is 4.79 Å². The van der Waals surface area contributed by atoms with Crippen LogP contribution in [-0.4, -0.2) is 36.2 Å². The van der Waals surface area contributed by atoms with Crippen molar-refractivity contribution in [2.24, 2.45) is 5.73 Å². The second-order valence-electron chi connectivity index (χ2n) is 5.06. The number of nitrogens with two attached hydrogens (primary N) is 1. The molecule has 2 N–H and O–H groups in total. The van der Waals surface area contributed by atoms with Gasteiger partial charge in [0, 0.05) is 12.6 Å². The van der Waals surface area contributed by atoms with Crippen LogP contribution in [-0.2, 0) is 4.74 Å². The van der Waals surface area contributed by atoms with Crippen molar-refractivity contribution in [3.05, 3.63) is 0 Å². The first-order valence-corrected chi connectivity index (χ1v) is 6.82. The molecule has 1 rings (SSSR count). The fourth-order valence-corrected chi connectivity index (χ4v) is 2.35. The number of nitrogens with zero attached hydrogens (tertiary/aromatic N) is 1. The second kappa shape index (κ2) is 7.54. The molecule has 0 bridgehead atoms. The van der Waals surface area contributed by atoms with Gasteiger partial charge in [0.25, 0.3) is 0 Å². The van der Waals surface area contributed by atoms with Gasteiger partial charge in [-0.15, -0.1) is 0 Å². The van der Waals surface area contributed by atoms with Crippen LogP contribution in [0.1, 0.15) is 52.4 Å². The SMILES string of the molecule is CC(C)OC(=O)N(CCCN)C1CCCCC1. The van der Waals surface area contributed by atoms with Gasteiger partial charge < -0.3 is 15.4 Å². The molecule has 0 aliphatic heterocycles. The summed E-state index contributed by atoms with van der Waals surface area (Å²) in [5.41, 5.74) is 5.53. The van der Waals surface area contributed by atoms with Crippen LogP contribution in [0.25, 0.3) is 0 Å². The Morgan fingerprint density at radius 3 is 2.53 bits per heavy atom. The Kier molecular flexibility index (Phi) is 6.34. The fraction of sp³-hybridized carbons (Fsp3) is 0.923. The quantitative estimate of drug-likeness (QED) is 0.806. The summed E-state index contributed by atoms with van der Waals surface area (Å²) in [7, 11) is 0. The van der Waals surface area contributed by atoms with E-state index >= 15 is 0 Å². The number of hydrogen-bond donors (Lipinski definition) is 1. The maximum absolute atomic E-state index is 12.0. The molecule has 0 atom stereocenters. The van der Waals surface area contributed by atoms with Crippen molar-refractivity contribution in [3.8, 4) is 0 Å². The van der Waals surface area contributed by atoms with E-state index in [2.05, 4.69) is 0 Å². The molecule has 1 amide bonds. The number of hydrogen-bond acceptors (Lipinski definition) is 3. The Morgan fingerprint density at radius 2 is 2.00 bits per heavy atom. The zero-order valence-electron chi connectivity index (χ0n) is 11.2. The first-order valence-electron chi connectivity index (χ1n) is 6.82. The van der Waals surface area contributed by atoms with Gasteiger partial charge in [-0.1, -0.05) is 19.3 Å². The van der Waals surface area contributed by atoms with Crippen LogP contribution in [0.2, 0.25) is 0 Å². The summed E-state index contributed by atoms with van der Waals surface area (Å²) in [6, 6.07) is 0.363. The van der Waals surface area contributed by atoms with Crippen molar-refractivity contribution < 1.29 is 9.53 Å². The van der Waals surface area contributed by atoms with Gasteiger partial charge in [0.05, 0.1) is 6.10 Å². The van der Waals surface area contributed by atoms with Crippen LogP contribution >= 0.6 is 0 Å². The minimum absolute atomic E-state index is 0.0496. The van der Waals surface area contributed by atoms with Crippen LogP contribution < -0.4 is 5.73 Å². The lowest BCUT2D eigenvalue weighted by atomic mass is 9.94. The van der Waals surface area contributed by atoms with Gasteiger partial charge in [0.1, 0.15) is 0 Å². The summed E-state index contributed by atoms with van der Waals surface area (Å²) in [6.45, 7) is 5.13. The van der Waals surface area contributed by atoms with E-state index in [4.69, 9.17) is 10.5 Å². The summed E-state index contributed by atoms with van der Waals surface area (Å²) in [5, 5.41) is 0. The smallest absolute Gasteiger partial charge is 0.410 e. The number of rotatable bonds is 5. The number of ether oxygens (including phenoxy) is 1. The van der Waals surface area contributed by atoms with E-state index in [1.807, 2.05) is 18.7 Å². The normalized spacial score (nSPS) is 17.2. The molecule has 1 aliphatic rings. The lowest BCUT2D eigenvalue weighted by Crippen LogP contribution is -2.43. The van der Waals surface area contributed by atoms with Crippen molar-refractivity contribution in [1.29, 1.82) is 0 Å². The predicted octanol–water partition coefficient (Wildman–Crippen LogP) is 2.51. The van der Waals surface area contributed by atoms with Gasteiger partial charge >= 0.3 is 6.09 Å². The maximum atomic E-state index is 12.0. The number of amides is 1. The standard InChI is InChI=1S/C13H26N2O2/c1-11(2)17-13(16)15(10-6-9-14)12-7-4-3-5-8-12/h11-12H,3-10,14H2,1-2H3. The minimum atomic E-state index is -0.166. The fourth-order valence-electron chi connectivity index (χ4n) is 2.35. The van der Waals surface area contributed by atoms with Gasteiger partial charge in [-0.3, -0.25) is 0 Å². The summed E-state index contributed by atoms with van der Waals surface area (Å²) >= 11 is 0. The molecule has 1 saturated carbocycles. The molecule has 1 fully saturated rings. The third-order valence-electron chi connectivity index (χ3n) is 3.19. The first kappa shape index (κ1) is 14.3. The molecular weight excluding hydrogens is 216 g/mol. The van der Waals surface area contributed by atoms with E-state index < -0.39 is 0 Å². The topological polar surface area (TPSA) is 55.6 Å². The van der Waals surface area contributed by atoms with Crippen molar-refractivity contribution >= 4 is 6.09 Å². The molecule has 4 heteroatoms. The van der Waals surface area contributed by atoms with Crippen molar-refractivity contribution in [2.45, 2.75) is 64.5 Å². The molecule has 0 aromatic carbocycles. The van der Waals surface area contributed by atoms with Crippen molar-refractivity contribution in [1.82, 2.24) is 4.90 Å². The lowest BCUT2D eigenvalue weighted by molar-refractivity contribution is 0.0560.